The van der Waals surface area contributed by atoms with Crippen LogP contribution in [0.4, 0.5) is 5.13 Å². The molecule has 0 saturated carbocycles. The number of aromatic nitrogens is 5. The predicted molar refractivity (Wildman–Crippen MR) is 128 cm³/mol. The quantitative estimate of drug-likeness (QED) is 0.505. The van der Waals surface area contributed by atoms with E-state index in [4.69, 9.17) is 4.98 Å². The van der Waals surface area contributed by atoms with E-state index in [2.05, 4.69) is 72.6 Å². The predicted octanol–water partition coefficient (Wildman–Crippen LogP) is 4.60. The average molecular weight is 438 g/mol. The van der Waals surface area contributed by atoms with Gasteiger partial charge in [0, 0.05) is 49.5 Å². The summed E-state index contributed by atoms with van der Waals surface area (Å²) in [6, 6.07) is 0.608. The summed E-state index contributed by atoms with van der Waals surface area (Å²) in [5.74, 6) is 0.364. The summed E-state index contributed by atoms with van der Waals surface area (Å²) in [5.41, 5.74) is 8.07. The van der Waals surface area contributed by atoms with Crippen LogP contribution < -0.4 is 4.90 Å². The highest BCUT2D eigenvalue weighted by Crippen LogP contribution is 2.41. The summed E-state index contributed by atoms with van der Waals surface area (Å²) in [6.45, 7) is 17.6. The van der Waals surface area contributed by atoms with Crippen molar-refractivity contribution in [2.75, 3.05) is 31.1 Å². The highest BCUT2D eigenvalue weighted by Gasteiger charge is 2.26. The number of nitrogens with one attached hydrogen (secondary N) is 1. The smallest absolute Gasteiger partial charge is 0.187 e. The van der Waals surface area contributed by atoms with Crippen molar-refractivity contribution in [3.05, 3.63) is 29.2 Å². The van der Waals surface area contributed by atoms with Crippen molar-refractivity contribution in [2.45, 2.75) is 53.5 Å². The molecule has 5 rings (SSSR count). The summed E-state index contributed by atoms with van der Waals surface area (Å²) in [5, 5.41) is 5.52. The van der Waals surface area contributed by atoms with E-state index >= 15 is 0 Å². The van der Waals surface area contributed by atoms with E-state index in [1.54, 1.807) is 17.7 Å². The Hall–Kier alpha value is -2.45. The van der Waals surface area contributed by atoms with Crippen molar-refractivity contribution < 1.29 is 0 Å². The van der Waals surface area contributed by atoms with E-state index in [9.17, 15) is 0 Å². The third kappa shape index (κ3) is 3.32. The number of aryl methyl sites for hydroxylation is 1. The Morgan fingerprint density at radius 1 is 1.03 bits per heavy atom. The van der Waals surface area contributed by atoms with Gasteiger partial charge in [0.15, 0.2) is 10.8 Å². The molecule has 1 fully saturated rings. The first-order valence-corrected chi connectivity index (χ1v) is 12.0. The lowest BCUT2D eigenvalue weighted by Crippen LogP contribution is -2.48. The van der Waals surface area contributed by atoms with Crippen LogP contribution in [0.5, 0.6) is 0 Å². The number of rotatable bonds is 4. The standard InChI is InChI=1S/C23H31N7S/c1-13(2)18-19(17-11-30-21(24-12-25-30)16(6)15(17)5)26-22-20(18)27-23(31-22)29-9-7-28(8-10-29)14(3)4/h11-14,26H,7-10H2,1-6H3. The van der Waals surface area contributed by atoms with Crippen LogP contribution in [0.2, 0.25) is 0 Å². The summed E-state index contributed by atoms with van der Waals surface area (Å²) in [7, 11) is 0. The summed E-state index contributed by atoms with van der Waals surface area (Å²) >= 11 is 1.78. The SMILES string of the molecule is Cc1c(-c2[nH]c3sc(N4CCN(C(C)C)CC4)nc3c2C(C)C)cn2ncnc2c1C. The van der Waals surface area contributed by atoms with Crippen LogP contribution in [0.3, 0.4) is 0 Å². The zero-order valence-electron chi connectivity index (χ0n) is 19.2. The van der Waals surface area contributed by atoms with Crippen LogP contribution in [-0.4, -0.2) is 61.7 Å². The van der Waals surface area contributed by atoms with Crippen molar-refractivity contribution >= 4 is 32.5 Å². The third-order valence-corrected chi connectivity index (χ3v) is 7.70. The van der Waals surface area contributed by atoms with Crippen molar-refractivity contribution in [2.24, 2.45) is 0 Å². The molecule has 0 aliphatic carbocycles. The third-order valence-electron chi connectivity index (χ3n) is 6.67. The first-order chi connectivity index (χ1) is 14.8. The minimum Gasteiger partial charge on any atom is -0.345 e. The Kier molecular flexibility index (Phi) is 5.01. The molecule has 31 heavy (non-hydrogen) atoms. The van der Waals surface area contributed by atoms with Gasteiger partial charge in [-0.05, 0) is 44.7 Å². The van der Waals surface area contributed by atoms with Gasteiger partial charge in [0.1, 0.15) is 16.7 Å². The minimum absolute atomic E-state index is 0.364. The Labute approximate surface area is 187 Å². The maximum Gasteiger partial charge on any atom is 0.187 e. The zero-order chi connectivity index (χ0) is 21.9. The molecule has 0 unspecified atom stereocenters. The fourth-order valence-corrected chi connectivity index (χ4v) is 5.71. The number of pyridine rings is 1. The Morgan fingerprint density at radius 2 is 1.77 bits per heavy atom. The molecule has 0 aromatic carbocycles. The van der Waals surface area contributed by atoms with Gasteiger partial charge in [-0.1, -0.05) is 25.2 Å². The van der Waals surface area contributed by atoms with Crippen molar-refractivity contribution in [3.8, 4) is 11.3 Å². The topological polar surface area (TPSA) is 65.4 Å². The molecular weight excluding hydrogens is 406 g/mol. The molecule has 4 aromatic heterocycles. The second-order valence-electron chi connectivity index (χ2n) is 9.18. The monoisotopic (exact) mass is 437 g/mol. The Bertz CT molecular complexity index is 1240. The van der Waals surface area contributed by atoms with Gasteiger partial charge in [-0.3, -0.25) is 4.90 Å². The molecule has 1 N–H and O–H groups in total. The van der Waals surface area contributed by atoms with Crippen LogP contribution in [0.15, 0.2) is 12.5 Å². The molecule has 7 nitrogen and oxygen atoms in total. The van der Waals surface area contributed by atoms with Gasteiger partial charge in [-0.2, -0.15) is 5.10 Å². The lowest BCUT2D eigenvalue weighted by molar-refractivity contribution is 0.209. The molecule has 0 atom stereocenters. The lowest BCUT2D eigenvalue weighted by Gasteiger charge is -2.36. The molecule has 5 heterocycles. The van der Waals surface area contributed by atoms with E-state index in [-0.39, 0.29) is 0 Å². The van der Waals surface area contributed by atoms with Gasteiger partial charge < -0.3 is 9.88 Å². The largest absolute Gasteiger partial charge is 0.345 e. The van der Waals surface area contributed by atoms with Crippen molar-refractivity contribution in [1.82, 2.24) is 29.5 Å². The lowest BCUT2D eigenvalue weighted by atomic mass is 9.96. The fourth-order valence-electron chi connectivity index (χ4n) is 4.67. The molecule has 0 bridgehead atoms. The second-order valence-corrected chi connectivity index (χ2v) is 10.2. The summed E-state index contributed by atoms with van der Waals surface area (Å²) in [4.78, 5) is 19.4. The first kappa shape index (κ1) is 20.5. The van der Waals surface area contributed by atoms with E-state index < -0.39 is 0 Å². The Balaban J connectivity index is 1.56. The molecule has 1 saturated heterocycles. The number of piperazine rings is 1. The highest BCUT2D eigenvalue weighted by atomic mass is 32.1. The van der Waals surface area contributed by atoms with Gasteiger partial charge in [-0.25, -0.2) is 14.5 Å². The Morgan fingerprint density at radius 3 is 2.45 bits per heavy atom. The number of nitrogens with zero attached hydrogens (tertiary/aromatic N) is 6. The number of thiazole rings is 1. The molecule has 0 amide bonds. The van der Waals surface area contributed by atoms with Gasteiger partial charge in [0.05, 0.1) is 5.69 Å². The van der Waals surface area contributed by atoms with E-state index in [0.29, 0.717) is 12.0 Å². The molecule has 4 aromatic rings. The van der Waals surface area contributed by atoms with Gasteiger partial charge >= 0.3 is 0 Å². The van der Waals surface area contributed by atoms with E-state index in [1.807, 2.05) is 4.52 Å². The van der Waals surface area contributed by atoms with Crippen LogP contribution in [0.1, 0.15) is 50.3 Å². The first-order valence-electron chi connectivity index (χ1n) is 11.2. The van der Waals surface area contributed by atoms with Crippen LogP contribution >= 0.6 is 11.3 Å². The maximum absolute atomic E-state index is 5.14. The molecule has 164 valence electrons. The van der Waals surface area contributed by atoms with Crippen molar-refractivity contribution in [1.29, 1.82) is 0 Å². The van der Waals surface area contributed by atoms with E-state index in [1.165, 1.54) is 22.3 Å². The van der Waals surface area contributed by atoms with Gasteiger partial charge in [0.25, 0.3) is 0 Å². The van der Waals surface area contributed by atoms with Gasteiger partial charge in [0.2, 0.25) is 0 Å². The molecular formula is C23H31N7S. The molecule has 1 aliphatic rings. The normalized spacial score (nSPS) is 15.9. The van der Waals surface area contributed by atoms with Crippen LogP contribution in [0, 0.1) is 13.8 Å². The molecule has 8 heteroatoms. The maximum atomic E-state index is 5.14. The average Bonchev–Trinajstić information content (AvgIpc) is 3.44. The number of hydrogen-bond donors (Lipinski definition) is 1. The molecule has 1 aliphatic heterocycles. The number of anilines is 1. The number of fused-ring (bicyclic) bond motifs is 2. The number of aromatic amines is 1. The molecule has 0 radical (unpaired) electrons. The molecule has 0 spiro atoms. The highest BCUT2D eigenvalue weighted by molar-refractivity contribution is 7.21. The minimum atomic E-state index is 0.364. The number of H-pyrrole nitrogens is 1. The van der Waals surface area contributed by atoms with Crippen LogP contribution in [0.25, 0.3) is 27.3 Å². The van der Waals surface area contributed by atoms with E-state index in [0.717, 1.165) is 53.0 Å². The van der Waals surface area contributed by atoms with Crippen molar-refractivity contribution in [3.63, 3.8) is 0 Å². The summed E-state index contributed by atoms with van der Waals surface area (Å²) < 4.78 is 1.88. The zero-order valence-corrected chi connectivity index (χ0v) is 20.0. The van der Waals surface area contributed by atoms with Gasteiger partial charge in [-0.15, -0.1) is 0 Å². The fraction of sp³-hybridized carbons (Fsp3) is 0.522. The second kappa shape index (κ2) is 7.60. The van der Waals surface area contributed by atoms with Crippen LogP contribution in [-0.2, 0) is 0 Å². The number of hydrogen-bond acceptors (Lipinski definition) is 6. The summed E-state index contributed by atoms with van der Waals surface area (Å²) in [6.07, 6.45) is 3.72.